The van der Waals surface area contributed by atoms with Crippen LogP contribution in [-0.4, -0.2) is 37.6 Å². The van der Waals surface area contributed by atoms with Crippen LogP contribution in [0.2, 0.25) is 0 Å². The zero-order valence-corrected chi connectivity index (χ0v) is 14.0. The minimum Gasteiger partial charge on any atom is -0.316 e. The minimum absolute atomic E-state index is 0.482. The molecule has 0 aromatic rings. The molecular formula is C17H36N2. The fraction of sp³-hybridized carbons (Fsp3) is 1.00. The molecule has 2 heteroatoms. The number of hydrogen-bond acceptors (Lipinski definition) is 2. The van der Waals surface area contributed by atoms with Crippen molar-refractivity contribution in [1.82, 2.24) is 10.2 Å². The zero-order chi connectivity index (χ0) is 14.3. The van der Waals surface area contributed by atoms with Gasteiger partial charge in [-0.25, -0.2) is 0 Å². The van der Waals surface area contributed by atoms with E-state index in [0.29, 0.717) is 5.41 Å². The quantitative estimate of drug-likeness (QED) is 0.721. The first-order valence-corrected chi connectivity index (χ1v) is 8.44. The molecule has 0 radical (unpaired) electrons. The molecule has 0 unspecified atom stereocenters. The molecule has 114 valence electrons. The molecule has 0 spiro atoms. The van der Waals surface area contributed by atoms with Crippen LogP contribution in [0.15, 0.2) is 0 Å². The molecule has 1 N–H and O–H groups in total. The van der Waals surface area contributed by atoms with Crippen molar-refractivity contribution in [3.63, 3.8) is 0 Å². The molecule has 2 nitrogen and oxygen atoms in total. The van der Waals surface area contributed by atoms with Crippen LogP contribution >= 0.6 is 0 Å². The van der Waals surface area contributed by atoms with E-state index < -0.39 is 0 Å². The van der Waals surface area contributed by atoms with Gasteiger partial charge >= 0.3 is 0 Å². The Hall–Kier alpha value is -0.0800. The molecule has 1 rings (SSSR count). The number of rotatable bonds is 8. The Morgan fingerprint density at radius 3 is 2.21 bits per heavy atom. The van der Waals surface area contributed by atoms with E-state index in [-0.39, 0.29) is 0 Å². The van der Waals surface area contributed by atoms with Gasteiger partial charge in [-0.3, -0.25) is 0 Å². The Kier molecular flexibility index (Phi) is 7.38. The maximum atomic E-state index is 3.70. The van der Waals surface area contributed by atoms with Gasteiger partial charge in [-0.2, -0.15) is 0 Å². The molecule has 0 aromatic heterocycles. The Morgan fingerprint density at radius 2 is 1.74 bits per heavy atom. The first-order chi connectivity index (χ1) is 9.01. The van der Waals surface area contributed by atoms with Crippen LogP contribution in [-0.2, 0) is 0 Å². The number of nitrogens with zero attached hydrogens (tertiary/aromatic N) is 1. The van der Waals surface area contributed by atoms with Gasteiger partial charge in [0.15, 0.2) is 0 Å². The van der Waals surface area contributed by atoms with E-state index in [1.165, 1.54) is 51.9 Å². The molecule has 1 aliphatic heterocycles. The highest BCUT2D eigenvalue weighted by atomic mass is 15.1. The highest BCUT2D eigenvalue weighted by molar-refractivity contribution is 4.84. The summed E-state index contributed by atoms with van der Waals surface area (Å²) in [5.74, 6) is 1.69. The highest BCUT2D eigenvalue weighted by Gasteiger charge is 2.29. The summed E-state index contributed by atoms with van der Waals surface area (Å²) in [5, 5.41) is 3.70. The first kappa shape index (κ1) is 17.0. The van der Waals surface area contributed by atoms with Crippen LogP contribution in [0, 0.1) is 17.3 Å². The molecular weight excluding hydrogens is 232 g/mol. The maximum Gasteiger partial charge on any atom is 0.00499 e. The van der Waals surface area contributed by atoms with Gasteiger partial charge in [0.05, 0.1) is 0 Å². The smallest absolute Gasteiger partial charge is 0.00499 e. The number of piperidine rings is 1. The van der Waals surface area contributed by atoms with Crippen LogP contribution in [0.4, 0.5) is 0 Å². The third kappa shape index (κ3) is 5.83. The van der Waals surface area contributed by atoms with E-state index in [1.807, 2.05) is 0 Å². The lowest BCUT2D eigenvalue weighted by Gasteiger charge is -2.40. The normalized spacial score (nSPS) is 19.3. The maximum absolute atomic E-state index is 3.70. The summed E-state index contributed by atoms with van der Waals surface area (Å²) >= 11 is 0. The van der Waals surface area contributed by atoms with E-state index in [1.54, 1.807) is 0 Å². The van der Waals surface area contributed by atoms with Gasteiger partial charge in [0.1, 0.15) is 0 Å². The van der Waals surface area contributed by atoms with Crippen molar-refractivity contribution in [2.45, 2.75) is 60.3 Å². The number of hydrogen-bond donors (Lipinski definition) is 1. The summed E-state index contributed by atoms with van der Waals surface area (Å²) < 4.78 is 0. The predicted molar refractivity (Wildman–Crippen MR) is 85.6 cm³/mol. The van der Waals surface area contributed by atoms with E-state index in [2.05, 4.69) is 44.8 Å². The van der Waals surface area contributed by atoms with Crippen molar-refractivity contribution in [3.8, 4) is 0 Å². The molecule has 0 atom stereocenters. The van der Waals surface area contributed by atoms with E-state index in [0.717, 1.165) is 18.4 Å². The van der Waals surface area contributed by atoms with E-state index in [9.17, 15) is 0 Å². The molecule has 19 heavy (non-hydrogen) atoms. The second kappa shape index (κ2) is 8.26. The first-order valence-electron chi connectivity index (χ1n) is 8.44. The molecule has 1 saturated heterocycles. The van der Waals surface area contributed by atoms with Gasteiger partial charge in [0.2, 0.25) is 0 Å². The number of likely N-dealkylation sites (tertiary alicyclic amines) is 1. The topological polar surface area (TPSA) is 15.3 Å². The van der Waals surface area contributed by atoms with Crippen molar-refractivity contribution in [2.24, 2.45) is 17.3 Å². The lowest BCUT2D eigenvalue weighted by molar-refractivity contribution is 0.103. The summed E-state index contributed by atoms with van der Waals surface area (Å²) in [6.45, 7) is 18.0. The lowest BCUT2D eigenvalue weighted by atomic mass is 9.80. The van der Waals surface area contributed by atoms with Crippen molar-refractivity contribution in [3.05, 3.63) is 0 Å². The molecule has 0 bridgehead atoms. The van der Waals surface area contributed by atoms with E-state index in [4.69, 9.17) is 0 Å². The Bertz CT molecular complexity index is 225. The molecule has 0 aliphatic carbocycles. The Balaban J connectivity index is 2.45. The molecule has 0 aromatic carbocycles. The summed E-state index contributed by atoms with van der Waals surface area (Å²) in [5.41, 5.74) is 0.482. The predicted octanol–water partition coefficient (Wildman–Crippen LogP) is 3.77. The van der Waals surface area contributed by atoms with Crippen LogP contribution < -0.4 is 5.32 Å². The second-order valence-corrected chi connectivity index (χ2v) is 7.19. The molecule has 0 amide bonds. The third-order valence-corrected chi connectivity index (χ3v) is 4.99. The van der Waals surface area contributed by atoms with Gasteiger partial charge in [0.25, 0.3) is 0 Å². The summed E-state index contributed by atoms with van der Waals surface area (Å²) in [6.07, 6.45) is 5.37. The Morgan fingerprint density at radius 1 is 1.16 bits per heavy atom. The zero-order valence-electron chi connectivity index (χ0n) is 14.0. The van der Waals surface area contributed by atoms with Crippen molar-refractivity contribution in [2.75, 3.05) is 32.7 Å². The van der Waals surface area contributed by atoms with Crippen molar-refractivity contribution >= 4 is 0 Å². The van der Waals surface area contributed by atoms with Crippen LogP contribution in [0.25, 0.3) is 0 Å². The monoisotopic (exact) mass is 268 g/mol. The van der Waals surface area contributed by atoms with Gasteiger partial charge in [0, 0.05) is 13.1 Å². The third-order valence-electron chi connectivity index (χ3n) is 4.99. The standard InChI is InChI=1S/C17H36N2/c1-6-17(7-2,13-18-12-15(3)4)14-19-10-8-16(5)9-11-19/h15-16,18H,6-14H2,1-5H3. The molecule has 1 aliphatic rings. The lowest BCUT2D eigenvalue weighted by Crippen LogP contribution is -2.46. The molecule has 1 fully saturated rings. The fourth-order valence-electron chi connectivity index (χ4n) is 3.10. The van der Waals surface area contributed by atoms with Crippen molar-refractivity contribution < 1.29 is 0 Å². The van der Waals surface area contributed by atoms with Gasteiger partial charge < -0.3 is 10.2 Å². The van der Waals surface area contributed by atoms with Crippen LogP contribution in [0.1, 0.15) is 60.3 Å². The number of nitrogens with one attached hydrogen (secondary N) is 1. The largest absolute Gasteiger partial charge is 0.316 e. The van der Waals surface area contributed by atoms with Crippen LogP contribution in [0.5, 0.6) is 0 Å². The van der Waals surface area contributed by atoms with Crippen molar-refractivity contribution in [1.29, 1.82) is 0 Å². The summed E-state index contributed by atoms with van der Waals surface area (Å²) in [4.78, 5) is 2.71. The average molecular weight is 268 g/mol. The second-order valence-electron chi connectivity index (χ2n) is 7.19. The average Bonchev–Trinajstić information content (AvgIpc) is 2.40. The van der Waals surface area contributed by atoms with E-state index >= 15 is 0 Å². The van der Waals surface area contributed by atoms with Crippen LogP contribution in [0.3, 0.4) is 0 Å². The summed E-state index contributed by atoms with van der Waals surface area (Å²) in [7, 11) is 0. The van der Waals surface area contributed by atoms with Gasteiger partial charge in [-0.15, -0.1) is 0 Å². The minimum atomic E-state index is 0.482. The SMILES string of the molecule is CCC(CC)(CNCC(C)C)CN1CCC(C)CC1. The summed E-state index contributed by atoms with van der Waals surface area (Å²) in [6, 6.07) is 0. The van der Waals surface area contributed by atoms with Gasteiger partial charge in [-0.1, -0.05) is 34.6 Å². The Labute approximate surface area is 121 Å². The fourth-order valence-corrected chi connectivity index (χ4v) is 3.10. The molecule has 0 saturated carbocycles. The molecule has 1 heterocycles. The van der Waals surface area contributed by atoms with Gasteiger partial charge in [-0.05, 0) is 62.6 Å². The highest BCUT2D eigenvalue weighted by Crippen LogP contribution is 2.29.